The monoisotopic (exact) mass is 420 g/mol. The molecule has 0 unspecified atom stereocenters. The van der Waals surface area contributed by atoms with Crippen molar-refractivity contribution in [3.63, 3.8) is 0 Å². The van der Waals surface area contributed by atoms with E-state index in [1.165, 1.54) is 4.68 Å². The van der Waals surface area contributed by atoms with E-state index in [4.69, 9.17) is 4.74 Å². The van der Waals surface area contributed by atoms with E-state index in [1.807, 2.05) is 34.6 Å². The number of benzene rings is 1. The van der Waals surface area contributed by atoms with Gasteiger partial charge in [0, 0.05) is 25.6 Å². The van der Waals surface area contributed by atoms with Gasteiger partial charge in [0.2, 0.25) is 0 Å². The van der Waals surface area contributed by atoms with Crippen molar-refractivity contribution in [3.05, 3.63) is 40.6 Å². The molecule has 0 aliphatic carbocycles. The molecule has 2 aromatic rings. The van der Waals surface area contributed by atoms with E-state index in [9.17, 15) is 13.2 Å². The fourth-order valence-electron chi connectivity index (χ4n) is 3.18. The van der Waals surface area contributed by atoms with E-state index >= 15 is 0 Å². The molecule has 1 aliphatic rings. The number of anilines is 1. The SMILES string of the molecule is Cc1ccc(S(=O)(=O)Nc2c3c(nn2C)CCN(C(=O)OC(C)(C)C)C3)cc1C. The van der Waals surface area contributed by atoms with Gasteiger partial charge in [-0.15, -0.1) is 0 Å². The number of nitrogens with one attached hydrogen (secondary N) is 1. The standard InChI is InChI=1S/C20H28N4O4S/c1-13-7-8-15(11-14(13)2)29(26,27)22-18-16-12-24(19(25)28-20(3,4)5)10-9-17(16)21-23(18)6/h7-8,11,22H,9-10,12H2,1-6H3. The van der Waals surface area contributed by atoms with Crippen LogP contribution in [0.1, 0.15) is 43.2 Å². The summed E-state index contributed by atoms with van der Waals surface area (Å²) in [4.78, 5) is 14.2. The van der Waals surface area contributed by atoms with Crippen molar-refractivity contribution in [1.82, 2.24) is 14.7 Å². The fraction of sp³-hybridized carbons (Fsp3) is 0.500. The van der Waals surface area contributed by atoms with Crippen LogP contribution in [0.5, 0.6) is 0 Å². The molecule has 1 aromatic heterocycles. The zero-order valence-corrected chi connectivity index (χ0v) is 18.6. The second kappa shape index (κ2) is 7.37. The number of hydrogen-bond acceptors (Lipinski definition) is 5. The van der Waals surface area contributed by atoms with Gasteiger partial charge in [0.25, 0.3) is 10.0 Å². The van der Waals surface area contributed by atoms with Crippen molar-refractivity contribution in [1.29, 1.82) is 0 Å². The average Bonchev–Trinajstić information content (AvgIpc) is 2.90. The summed E-state index contributed by atoms with van der Waals surface area (Å²) in [5, 5.41) is 4.44. The lowest BCUT2D eigenvalue weighted by atomic mass is 10.1. The molecule has 158 valence electrons. The third-order valence-electron chi connectivity index (χ3n) is 4.87. The van der Waals surface area contributed by atoms with E-state index in [2.05, 4.69) is 9.82 Å². The average molecular weight is 421 g/mol. The molecule has 1 N–H and O–H groups in total. The van der Waals surface area contributed by atoms with E-state index in [0.717, 1.165) is 16.8 Å². The molecule has 0 fully saturated rings. The minimum atomic E-state index is -3.79. The number of amides is 1. The molecular weight excluding hydrogens is 392 g/mol. The highest BCUT2D eigenvalue weighted by Crippen LogP contribution is 2.29. The van der Waals surface area contributed by atoms with Crippen LogP contribution in [-0.2, 0) is 34.8 Å². The normalized spacial score (nSPS) is 14.5. The molecule has 1 amide bonds. The van der Waals surface area contributed by atoms with Gasteiger partial charge in [0.05, 0.1) is 17.1 Å². The second-order valence-electron chi connectivity index (χ2n) is 8.40. The zero-order valence-electron chi connectivity index (χ0n) is 17.7. The molecule has 0 saturated heterocycles. The number of carbonyl (C=O) groups is 1. The Labute approximate surface area is 171 Å². The van der Waals surface area contributed by atoms with Gasteiger partial charge in [-0.2, -0.15) is 5.10 Å². The quantitative estimate of drug-likeness (QED) is 0.823. The first-order valence-corrected chi connectivity index (χ1v) is 11.0. The first-order valence-electron chi connectivity index (χ1n) is 9.50. The highest BCUT2D eigenvalue weighted by atomic mass is 32.2. The van der Waals surface area contributed by atoms with Gasteiger partial charge in [-0.3, -0.25) is 9.40 Å². The number of hydrogen-bond donors (Lipinski definition) is 1. The first kappa shape index (κ1) is 21.2. The van der Waals surface area contributed by atoms with E-state index in [-0.39, 0.29) is 11.4 Å². The Balaban J connectivity index is 1.88. The number of aryl methyl sites for hydroxylation is 3. The minimum absolute atomic E-state index is 0.190. The summed E-state index contributed by atoms with van der Waals surface area (Å²) in [6, 6.07) is 5.01. The van der Waals surface area contributed by atoms with Crippen molar-refractivity contribution >= 4 is 21.9 Å². The number of rotatable bonds is 3. The maximum absolute atomic E-state index is 12.9. The largest absolute Gasteiger partial charge is 0.444 e. The van der Waals surface area contributed by atoms with Crippen LogP contribution in [0.3, 0.4) is 0 Å². The van der Waals surface area contributed by atoms with Crippen molar-refractivity contribution in [2.45, 2.75) is 58.1 Å². The van der Waals surface area contributed by atoms with Crippen LogP contribution in [0.4, 0.5) is 10.6 Å². The van der Waals surface area contributed by atoms with Crippen molar-refractivity contribution in [2.24, 2.45) is 7.05 Å². The number of sulfonamides is 1. The van der Waals surface area contributed by atoms with Gasteiger partial charge in [-0.05, 0) is 57.9 Å². The molecular formula is C20H28N4O4S. The van der Waals surface area contributed by atoms with Crippen molar-refractivity contribution < 1.29 is 17.9 Å². The van der Waals surface area contributed by atoms with Crippen molar-refractivity contribution in [2.75, 3.05) is 11.3 Å². The maximum atomic E-state index is 12.9. The molecule has 29 heavy (non-hydrogen) atoms. The van der Waals surface area contributed by atoms with Crippen LogP contribution in [0.2, 0.25) is 0 Å². The van der Waals surface area contributed by atoms with Gasteiger partial charge < -0.3 is 9.64 Å². The number of carbonyl (C=O) groups excluding carboxylic acids is 1. The van der Waals surface area contributed by atoms with Crippen LogP contribution >= 0.6 is 0 Å². The van der Waals surface area contributed by atoms with Gasteiger partial charge in [-0.25, -0.2) is 13.2 Å². The Hall–Kier alpha value is -2.55. The van der Waals surface area contributed by atoms with Gasteiger partial charge in [-0.1, -0.05) is 6.07 Å². The summed E-state index contributed by atoms with van der Waals surface area (Å²) in [5.41, 5.74) is 2.80. The summed E-state index contributed by atoms with van der Waals surface area (Å²) >= 11 is 0. The molecule has 1 aromatic carbocycles. The Morgan fingerprint density at radius 2 is 1.90 bits per heavy atom. The molecule has 0 radical (unpaired) electrons. The molecule has 2 heterocycles. The lowest BCUT2D eigenvalue weighted by molar-refractivity contribution is 0.0224. The number of aromatic nitrogens is 2. The molecule has 3 rings (SSSR count). The molecule has 0 saturated carbocycles. The Morgan fingerprint density at radius 3 is 2.52 bits per heavy atom. The molecule has 0 atom stereocenters. The fourth-order valence-corrected chi connectivity index (χ4v) is 4.39. The zero-order chi connectivity index (χ0) is 21.6. The van der Waals surface area contributed by atoms with Gasteiger partial charge in [0.15, 0.2) is 0 Å². The van der Waals surface area contributed by atoms with Gasteiger partial charge >= 0.3 is 6.09 Å². The summed E-state index contributed by atoms with van der Waals surface area (Å²) in [5.74, 6) is 0.367. The summed E-state index contributed by atoms with van der Waals surface area (Å²) in [6.07, 6.45) is 0.114. The van der Waals surface area contributed by atoms with Gasteiger partial charge in [0.1, 0.15) is 11.4 Å². The van der Waals surface area contributed by atoms with E-state index in [1.54, 1.807) is 30.1 Å². The van der Waals surface area contributed by atoms with Crippen LogP contribution in [0, 0.1) is 13.8 Å². The number of nitrogens with zero attached hydrogens (tertiary/aromatic N) is 3. The molecule has 0 bridgehead atoms. The lowest BCUT2D eigenvalue weighted by Crippen LogP contribution is -2.40. The Morgan fingerprint density at radius 1 is 1.21 bits per heavy atom. The topological polar surface area (TPSA) is 93.5 Å². The van der Waals surface area contributed by atoms with Crippen LogP contribution in [0.15, 0.2) is 23.1 Å². The summed E-state index contributed by atoms with van der Waals surface area (Å²) in [6.45, 7) is 9.96. The predicted molar refractivity (Wildman–Crippen MR) is 110 cm³/mol. The summed E-state index contributed by atoms with van der Waals surface area (Å²) in [7, 11) is -2.10. The van der Waals surface area contributed by atoms with Crippen LogP contribution in [0.25, 0.3) is 0 Å². The third-order valence-corrected chi connectivity index (χ3v) is 6.20. The first-order chi connectivity index (χ1) is 13.4. The number of fused-ring (bicyclic) bond motifs is 1. The minimum Gasteiger partial charge on any atom is -0.444 e. The van der Waals surface area contributed by atoms with Crippen molar-refractivity contribution in [3.8, 4) is 0 Å². The summed E-state index contributed by atoms with van der Waals surface area (Å²) < 4.78 is 35.5. The lowest BCUT2D eigenvalue weighted by Gasteiger charge is -2.30. The smallest absolute Gasteiger partial charge is 0.410 e. The predicted octanol–water partition coefficient (Wildman–Crippen LogP) is 3.13. The molecule has 1 aliphatic heterocycles. The van der Waals surface area contributed by atoms with E-state index < -0.39 is 21.7 Å². The molecule has 8 nitrogen and oxygen atoms in total. The van der Waals surface area contributed by atoms with Crippen LogP contribution in [-0.4, -0.2) is 41.3 Å². The maximum Gasteiger partial charge on any atom is 0.410 e. The van der Waals surface area contributed by atoms with E-state index in [0.29, 0.717) is 24.3 Å². The number of ether oxygens (including phenoxy) is 1. The molecule has 9 heteroatoms. The second-order valence-corrected chi connectivity index (χ2v) is 10.1. The third kappa shape index (κ3) is 4.55. The highest BCUT2D eigenvalue weighted by Gasteiger charge is 2.31. The highest BCUT2D eigenvalue weighted by molar-refractivity contribution is 7.92. The molecule has 0 spiro atoms. The Kier molecular flexibility index (Phi) is 5.38. The van der Waals surface area contributed by atoms with Crippen LogP contribution < -0.4 is 4.72 Å². The Bertz CT molecular complexity index is 1050.